The molecule has 0 radical (unpaired) electrons. The van der Waals surface area contributed by atoms with Crippen LogP contribution in [-0.4, -0.2) is 23.0 Å². The van der Waals surface area contributed by atoms with Crippen LogP contribution in [0.5, 0.6) is 0 Å². The number of allylic oxidation sites excluding steroid dienone is 1. The Bertz CT molecular complexity index is 499. The van der Waals surface area contributed by atoms with Gasteiger partial charge in [-0.1, -0.05) is 12.1 Å². The summed E-state index contributed by atoms with van der Waals surface area (Å²) in [5.74, 6) is -2.22. The van der Waals surface area contributed by atoms with Crippen molar-refractivity contribution in [2.24, 2.45) is 0 Å². The molecule has 1 amide bonds. The van der Waals surface area contributed by atoms with Gasteiger partial charge in [0.1, 0.15) is 11.9 Å². The molecule has 2 N–H and O–H groups in total. The van der Waals surface area contributed by atoms with Gasteiger partial charge in [-0.3, -0.25) is 4.79 Å². The molecule has 102 valence electrons. The first-order chi connectivity index (χ1) is 8.95. The number of carbonyl (C=O) groups is 2. The lowest BCUT2D eigenvalue weighted by Crippen LogP contribution is -2.40. The number of halogens is 1. The van der Waals surface area contributed by atoms with Crippen molar-refractivity contribution in [2.75, 3.05) is 0 Å². The van der Waals surface area contributed by atoms with Crippen LogP contribution >= 0.6 is 0 Å². The number of aryl methyl sites for hydroxylation is 1. The van der Waals surface area contributed by atoms with Crippen molar-refractivity contribution in [1.29, 1.82) is 0 Å². The molecule has 19 heavy (non-hydrogen) atoms. The Morgan fingerprint density at radius 2 is 2.21 bits per heavy atom. The van der Waals surface area contributed by atoms with Crippen LogP contribution in [0.3, 0.4) is 0 Å². The molecule has 0 aromatic heterocycles. The predicted octanol–water partition coefficient (Wildman–Crippen LogP) is 2.28. The zero-order valence-electron chi connectivity index (χ0n) is 10.6. The molecule has 1 rings (SSSR count). The summed E-state index contributed by atoms with van der Waals surface area (Å²) in [5, 5.41) is 11.3. The van der Waals surface area contributed by atoms with Crippen molar-refractivity contribution >= 4 is 11.9 Å². The smallest absolute Gasteiger partial charge is 0.326 e. The summed E-state index contributed by atoms with van der Waals surface area (Å²) < 4.78 is 13.3. The third-order valence-electron chi connectivity index (χ3n) is 2.70. The molecule has 5 heteroatoms. The molecular weight excluding hydrogens is 249 g/mol. The molecule has 4 nitrogen and oxygen atoms in total. The summed E-state index contributed by atoms with van der Waals surface area (Å²) in [7, 11) is 0. The zero-order valence-corrected chi connectivity index (χ0v) is 10.6. The van der Waals surface area contributed by atoms with Gasteiger partial charge in [0.2, 0.25) is 0 Å². The second kappa shape index (κ2) is 6.68. The van der Waals surface area contributed by atoms with Gasteiger partial charge < -0.3 is 10.4 Å². The average Bonchev–Trinajstić information content (AvgIpc) is 2.37. The number of hydrogen-bond acceptors (Lipinski definition) is 2. The minimum absolute atomic E-state index is 0.105. The number of nitrogens with one attached hydrogen (secondary N) is 1. The number of carboxylic acid groups (broad SMARTS) is 1. The molecule has 0 saturated carbocycles. The topological polar surface area (TPSA) is 66.4 Å². The summed E-state index contributed by atoms with van der Waals surface area (Å²) in [6, 6.07) is 3.02. The van der Waals surface area contributed by atoms with Crippen molar-refractivity contribution in [1.82, 2.24) is 5.32 Å². The van der Waals surface area contributed by atoms with Gasteiger partial charge in [0.25, 0.3) is 5.91 Å². The van der Waals surface area contributed by atoms with E-state index in [0.717, 1.165) is 6.07 Å². The molecule has 0 spiro atoms. The number of carboxylic acids is 1. The van der Waals surface area contributed by atoms with Gasteiger partial charge in [-0.15, -0.1) is 6.58 Å². The third kappa shape index (κ3) is 4.21. The molecule has 1 aromatic carbocycles. The SMILES string of the molecule is C=CCCC(NC(=O)c1ccc(C)c(F)c1)C(=O)O. The van der Waals surface area contributed by atoms with Crippen LogP contribution in [0.4, 0.5) is 4.39 Å². The van der Waals surface area contributed by atoms with Crippen molar-refractivity contribution in [3.8, 4) is 0 Å². The molecular formula is C14H16FNO3. The van der Waals surface area contributed by atoms with E-state index in [1.807, 2.05) is 0 Å². The van der Waals surface area contributed by atoms with E-state index < -0.39 is 23.7 Å². The largest absolute Gasteiger partial charge is 0.480 e. The third-order valence-corrected chi connectivity index (χ3v) is 2.70. The number of amides is 1. The minimum Gasteiger partial charge on any atom is -0.480 e. The van der Waals surface area contributed by atoms with Crippen LogP contribution in [0.15, 0.2) is 30.9 Å². The fourth-order valence-corrected chi connectivity index (χ4v) is 1.52. The number of carbonyl (C=O) groups excluding carboxylic acids is 1. The second-order valence-electron chi connectivity index (χ2n) is 4.19. The number of hydrogen-bond donors (Lipinski definition) is 2. The highest BCUT2D eigenvalue weighted by Crippen LogP contribution is 2.10. The molecule has 0 bridgehead atoms. The van der Waals surface area contributed by atoms with Crippen LogP contribution in [0.25, 0.3) is 0 Å². The lowest BCUT2D eigenvalue weighted by atomic mass is 10.1. The quantitative estimate of drug-likeness (QED) is 0.775. The van der Waals surface area contributed by atoms with E-state index in [4.69, 9.17) is 5.11 Å². The number of aliphatic carboxylic acids is 1. The van der Waals surface area contributed by atoms with Crippen molar-refractivity contribution < 1.29 is 19.1 Å². The zero-order chi connectivity index (χ0) is 14.4. The van der Waals surface area contributed by atoms with Crippen LogP contribution in [0, 0.1) is 12.7 Å². The number of rotatable bonds is 6. The van der Waals surface area contributed by atoms with Gasteiger partial charge in [0, 0.05) is 5.56 Å². The Kier molecular flexibility index (Phi) is 5.23. The van der Waals surface area contributed by atoms with E-state index in [1.54, 1.807) is 13.0 Å². The van der Waals surface area contributed by atoms with Crippen molar-refractivity contribution in [2.45, 2.75) is 25.8 Å². The highest BCUT2D eigenvalue weighted by Gasteiger charge is 2.20. The maximum Gasteiger partial charge on any atom is 0.326 e. The second-order valence-corrected chi connectivity index (χ2v) is 4.19. The van der Waals surface area contributed by atoms with Gasteiger partial charge in [-0.2, -0.15) is 0 Å². The monoisotopic (exact) mass is 265 g/mol. The first kappa shape index (κ1) is 14.9. The molecule has 0 heterocycles. The highest BCUT2D eigenvalue weighted by atomic mass is 19.1. The average molecular weight is 265 g/mol. The predicted molar refractivity (Wildman–Crippen MR) is 69.5 cm³/mol. The first-order valence-electron chi connectivity index (χ1n) is 5.86. The summed E-state index contributed by atoms with van der Waals surface area (Å²) in [4.78, 5) is 22.8. The first-order valence-corrected chi connectivity index (χ1v) is 5.86. The Hall–Kier alpha value is -2.17. The lowest BCUT2D eigenvalue weighted by molar-refractivity contribution is -0.139. The van der Waals surface area contributed by atoms with Gasteiger partial charge in [0.15, 0.2) is 0 Å². The van der Waals surface area contributed by atoms with E-state index >= 15 is 0 Å². The van der Waals surface area contributed by atoms with Gasteiger partial charge in [-0.25, -0.2) is 9.18 Å². The molecule has 0 aliphatic rings. The van der Waals surface area contributed by atoms with Crippen LogP contribution < -0.4 is 5.32 Å². The fourth-order valence-electron chi connectivity index (χ4n) is 1.52. The normalized spacial score (nSPS) is 11.7. The molecule has 0 fully saturated rings. The highest BCUT2D eigenvalue weighted by molar-refractivity contribution is 5.96. The van der Waals surface area contributed by atoms with Crippen LogP contribution in [0.1, 0.15) is 28.8 Å². The fraction of sp³-hybridized carbons (Fsp3) is 0.286. The Morgan fingerprint density at radius 3 is 2.74 bits per heavy atom. The minimum atomic E-state index is -1.12. The Balaban J connectivity index is 2.78. The standard InChI is InChI=1S/C14H16FNO3/c1-3-4-5-12(14(18)19)16-13(17)10-7-6-9(2)11(15)8-10/h3,6-8,12H,1,4-5H2,2H3,(H,16,17)(H,18,19). The van der Waals surface area contributed by atoms with E-state index in [-0.39, 0.29) is 12.0 Å². The number of benzene rings is 1. The summed E-state index contributed by atoms with van der Waals surface area (Å²) in [6.07, 6.45) is 2.30. The maximum absolute atomic E-state index is 13.3. The van der Waals surface area contributed by atoms with E-state index in [2.05, 4.69) is 11.9 Å². The molecule has 1 unspecified atom stereocenters. The summed E-state index contributed by atoms with van der Waals surface area (Å²) >= 11 is 0. The molecule has 0 aliphatic heterocycles. The van der Waals surface area contributed by atoms with E-state index in [9.17, 15) is 14.0 Å². The van der Waals surface area contributed by atoms with Crippen molar-refractivity contribution in [3.05, 3.63) is 47.8 Å². The molecule has 0 aliphatic carbocycles. The summed E-state index contributed by atoms with van der Waals surface area (Å²) in [5.41, 5.74) is 0.533. The maximum atomic E-state index is 13.3. The van der Waals surface area contributed by atoms with Gasteiger partial charge >= 0.3 is 5.97 Å². The van der Waals surface area contributed by atoms with Crippen LogP contribution in [0.2, 0.25) is 0 Å². The van der Waals surface area contributed by atoms with Crippen LogP contribution in [-0.2, 0) is 4.79 Å². The summed E-state index contributed by atoms with van der Waals surface area (Å²) in [6.45, 7) is 5.08. The van der Waals surface area contributed by atoms with E-state index in [1.165, 1.54) is 12.1 Å². The molecule has 1 aromatic rings. The van der Waals surface area contributed by atoms with Gasteiger partial charge in [-0.05, 0) is 37.5 Å². The molecule has 1 atom stereocenters. The van der Waals surface area contributed by atoms with Crippen molar-refractivity contribution in [3.63, 3.8) is 0 Å². The lowest BCUT2D eigenvalue weighted by Gasteiger charge is -2.13. The van der Waals surface area contributed by atoms with Gasteiger partial charge in [0.05, 0.1) is 0 Å². The molecule has 0 saturated heterocycles. The van der Waals surface area contributed by atoms with E-state index in [0.29, 0.717) is 12.0 Å². The Labute approximate surface area is 110 Å². The Morgan fingerprint density at radius 1 is 1.53 bits per heavy atom.